The van der Waals surface area contributed by atoms with Crippen molar-refractivity contribution >= 4 is 5.69 Å². The maximum absolute atomic E-state index is 13.5. The lowest BCUT2D eigenvalue weighted by molar-refractivity contribution is 0.594. The number of nitrogens with zero attached hydrogens (tertiary/aromatic N) is 1. The highest BCUT2D eigenvalue weighted by atomic mass is 19.1. The van der Waals surface area contributed by atoms with Crippen molar-refractivity contribution in [2.24, 2.45) is 0 Å². The average molecular weight is 234 g/mol. The molecule has 1 aromatic heterocycles. The minimum Gasteiger partial charge on any atom is -0.377 e. The molecule has 1 N–H and O–H groups in total. The highest BCUT2D eigenvalue weighted by Crippen LogP contribution is 2.19. The Morgan fingerprint density at radius 1 is 1.18 bits per heavy atom. The van der Waals surface area contributed by atoms with Gasteiger partial charge in [-0.15, -0.1) is 0 Å². The van der Waals surface area contributed by atoms with Gasteiger partial charge in [-0.2, -0.15) is 0 Å². The second-order valence-electron chi connectivity index (χ2n) is 3.76. The predicted octanol–water partition coefficient (Wildman–Crippen LogP) is 3.28. The van der Waals surface area contributed by atoms with Crippen molar-refractivity contribution in [2.75, 3.05) is 5.32 Å². The highest BCUT2D eigenvalue weighted by molar-refractivity contribution is 5.47. The molecule has 0 saturated carbocycles. The maximum Gasteiger partial charge on any atom is 0.146 e. The lowest BCUT2D eigenvalue weighted by Gasteiger charge is -2.08. The molecule has 0 aliphatic rings. The molecule has 0 bridgehead atoms. The third kappa shape index (κ3) is 2.78. The van der Waals surface area contributed by atoms with Gasteiger partial charge in [0.2, 0.25) is 0 Å². The molecule has 0 aliphatic heterocycles. The van der Waals surface area contributed by atoms with Gasteiger partial charge in [-0.05, 0) is 30.7 Å². The molecule has 1 heterocycles. The van der Waals surface area contributed by atoms with E-state index in [9.17, 15) is 8.78 Å². The van der Waals surface area contributed by atoms with Crippen LogP contribution in [-0.2, 0) is 6.54 Å². The molecule has 0 spiro atoms. The van der Waals surface area contributed by atoms with Crippen molar-refractivity contribution in [2.45, 2.75) is 13.5 Å². The number of aromatic nitrogens is 1. The second kappa shape index (κ2) is 4.91. The van der Waals surface area contributed by atoms with Crippen LogP contribution in [0.4, 0.5) is 14.5 Å². The fourth-order valence-electron chi connectivity index (χ4n) is 1.47. The summed E-state index contributed by atoms with van der Waals surface area (Å²) < 4.78 is 26.7. The summed E-state index contributed by atoms with van der Waals surface area (Å²) in [6.07, 6.45) is 1.66. The van der Waals surface area contributed by atoms with Crippen molar-refractivity contribution in [3.63, 3.8) is 0 Å². The average Bonchev–Trinajstić information content (AvgIpc) is 2.33. The number of hydrogen-bond donors (Lipinski definition) is 1. The second-order valence-corrected chi connectivity index (χ2v) is 3.76. The summed E-state index contributed by atoms with van der Waals surface area (Å²) in [5.41, 5.74) is 1.22. The first-order valence-electron chi connectivity index (χ1n) is 5.26. The van der Waals surface area contributed by atoms with Gasteiger partial charge in [0.15, 0.2) is 0 Å². The standard InChI is InChI=1S/C13H12F2N2/c1-9-6-12(15)13(7-11(9)14)17-8-10-4-2-3-5-16-10/h2-7,17H,8H2,1H3. The zero-order valence-electron chi connectivity index (χ0n) is 9.37. The van der Waals surface area contributed by atoms with E-state index in [0.29, 0.717) is 12.1 Å². The fourth-order valence-corrected chi connectivity index (χ4v) is 1.47. The first-order chi connectivity index (χ1) is 8.16. The molecular formula is C13H12F2N2. The number of benzene rings is 1. The third-order valence-electron chi connectivity index (χ3n) is 2.43. The van der Waals surface area contributed by atoms with Crippen LogP contribution >= 0.6 is 0 Å². The summed E-state index contributed by atoms with van der Waals surface area (Å²) in [6, 6.07) is 7.80. The molecule has 0 aliphatic carbocycles. The van der Waals surface area contributed by atoms with Crippen LogP contribution in [-0.4, -0.2) is 4.98 Å². The normalized spacial score (nSPS) is 10.3. The molecular weight excluding hydrogens is 222 g/mol. The topological polar surface area (TPSA) is 24.9 Å². The number of nitrogens with one attached hydrogen (secondary N) is 1. The zero-order valence-corrected chi connectivity index (χ0v) is 9.37. The van der Waals surface area contributed by atoms with Crippen LogP contribution in [0.3, 0.4) is 0 Å². The third-order valence-corrected chi connectivity index (χ3v) is 2.43. The van der Waals surface area contributed by atoms with Crippen molar-refractivity contribution in [3.05, 3.63) is 59.4 Å². The van der Waals surface area contributed by atoms with Gasteiger partial charge in [-0.25, -0.2) is 8.78 Å². The molecule has 0 radical (unpaired) electrons. The van der Waals surface area contributed by atoms with E-state index in [2.05, 4.69) is 10.3 Å². The van der Waals surface area contributed by atoms with Crippen LogP contribution < -0.4 is 5.32 Å². The largest absolute Gasteiger partial charge is 0.377 e. The summed E-state index contributed by atoms with van der Waals surface area (Å²) in [6.45, 7) is 1.89. The predicted molar refractivity (Wildman–Crippen MR) is 62.7 cm³/mol. The van der Waals surface area contributed by atoms with Crippen LogP contribution in [0.25, 0.3) is 0 Å². The molecule has 2 nitrogen and oxygen atoms in total. The number of hydrogen-bond acceptors (Lipinski definition) is 2. The lowest BCUT2D eigenvalue weighted by Crippen LogP contribution is -2.04. The summed E-state index contributed by atoms with van der Waals surface area (Å²) in [7, 11) is 0. The van der Waals surface area contributed by atoms with Gasteiger partial charge in [0.25, 0.3) is 0 Å². The quantitative estimate of drug-likeness (QED) is 0.881. The number of aryl methyl sites for hydroxylation is 1. The fraction of sp³-hybridized carbons (Fsp3) is 0.154. The molecule has 0 amide bonds. The Kier molecular flexibility index (Phi) is 3.32. The van der Waals surface area contributed by atoms with Crippen LogP contribution in [0.2, 0.25) is 0 Å². The highest BCUT2D eigenvalue weighted by Gasteiger charge is 2.06. The lowest BCUT2D eigenvalue weighted by atomic mass is 10.2. The summed E-state index contributed by atoms with van der Waals surface area (Å²) in [5, 5.41) is 2.82. The van der Waals surface area contributed by atoms with Gasteiger partial charge in [-0.3, -0.25) is 4.98 Å². The van der Waals surface area contributed by atoms with Crippen molar-refractivity contribution in [1.29, 1.82) is 0 Å². The molecule has 0 atom stereocenters. The molecule has 17 heavy (non-hydrogen) atoms. The van der Waals surface area contributed by atoms with E-state index in [1.165, 1.54) is 13.0 Å². The van der Waals surface area contributed by atoms with Crippen molar-refractivity contribution < 1.29 is 8.78 Å². The summed E-state index contributed by atoms with van der Waals surface area (Å²) in [5.74, 6) is -0.880. The number of halogens is 2. The first kappa shape index (κ1) is 11.5. The van der Waals surface area contributed by atoms with Gasteiger partial charge in [0.1, 0.15) is 11.6 Å². The molecule has 88 valence electrons. The van der Waals surface area contributed by atoms with Gasteiger partial charge in [0.05, 0.1) is 17.9 Å². The summed E-state index contributed by atoms with van der Waals surface area (Å²) in [4.78, 5) is 4.08. The smallest absolute Gasteiger partial charge is 0.146 e. The SMILES string of the molecule is Cc1cc(F)c(NCc2ccccn2)cc1F. The zero-order chi connectivity index (χ0) is 12.3. The number of rotatable bonds is 3. The van der Waals surface area contributed by atoms with Gasteiger partial charge in [0, 0.05) is 12.3 Å². The van der Waals surface area contributed by atoms with Crippen LogP contribution in [0.15, 0.2) is 36.5 Å². The Balaban J connectivity index is 2.12. The minimum atomic E-state index is -0.458. The van der Waals surface area contributed by atoms with E-state index in [-0.39, 0.29) is 5.69 Å². The molecule has 0 unspecified atom stereocenters. The van der Waals surface area contributed by atoms with E-state index >= 15 is 0 Å². The van der Waals surface area contributed by atoms with Gasteiger partial charge >= 0.3 is 0 Å². The molecule has 0 fully saturated rings. The van der Waals surface area contributed by atoms with Gasteiger partial charge in [-0.1, -0.05) is 6.07 Å². The van der Waals surface area contributed by atoms with Crippen LogP contribution in [0.1, 0.15) is 11.3 Å². The number of anilines is 1. The first-order valence-corrected chi connectivity index (χ1v) is 5.26. The molecule has 2 rings (SSSR count). The van der Waals surface area contributed by atoms with Crippen molar-refractivity contribution in [3.8, 4) is 0 Å². The van der Waals surface area contributed by atoms with Gasteiger partial charge < -0.3 is 5.32 Å². The van der Waals surface area contributed by atoms with E-state index in [0.717, 1.165) is 11.8 Å². The molecule has 2 aromatic rings. The van der Waals surface area contributed by atoms with E-state index in [1.54, 1.807) is 12.3 Å². The Bertz CT molecular complexity index is 512. The summed E-state index contributed by atoms with van der Waals surface area (Å²) >= 11 is 0. The Morgan fingerprint density at radius 2 is 2.00 bits per heavy atom. The molecule has 1 aromatic carbocycles. The Morgan fingerprint density at radius 3 is 2.71 bits per heavy atom. The Hall–Kier alpha value is -1.97. The maximum atomic E-state index is 13.5. The molecule has 0 saturated heterocycles. The van der Waals surface area contributed by atoms with E-state index < -0.39 is 11.6 Å². The van der Waals surface area contributed by atoms with Crippen LogP contribution in [0, 0.1) is 18.6 Å². The Labute approximate surface area is 98.3 Å². The van der Waals surface area contributed by atoms with Crippen LogP contribution in [0.5, 0.6) is 0 Å². The van der Waals surface area contributed by atoms with E-state index in [1.807, 2.05) is 12.1 Å². The molecule has 4 heteroatoms. The minimum absolute atomic E-state index is 0.152. The van der Waals surface area contributed by atoms with Crippen molar-refractivity contribution in [1.82, 2.24) is 4.98 Å². The number of pyridine rings is 1. The monoisotopic (exact) mass is 234 g/mol. The van der Waals surface area contributed by atoms with E-state index in [4.69, 9.17) is 0 Å².